The van der Waals surface area contributed by atoms with Gasteiger partial charge in [0.05, 0.1) is 10.6 Å². The summed E-state index contributed by atoms with van der Waals surface area (Å²) in [5.41, 5.74) is 0.906. The SMILES string of the molecule is O=C(CCS(=O)(=O)c1ccccc1)NCCc1ccc(F)cc1. The Bertz CT molecular complexity index is 743. The van der Waals surface area contributed by atoms with E-state index in [1.807, 2.05) is 0 Å². The van der Waals surface area contributed by atoms with E-state index >= 15 is 0 Å². The first-order valence-electron chi connectivity index (χ1n) is 7.26. The average molecular weight is 335 g/mol. The van der Waals surface area contributed by atoms with E-state index in [-0.39, 0.29) is 28.8 Å². The van der Waals surface area contributed by atoms with Gasteiger partial charge >= 0.3 is 0 Å². The van der Waals surface area contributed by atoms with Gasteiger partial charge in [-0.2, -0.15) is 0 Å². The summed E-state index contributed by atoms with van der Waals surface area (Å²) in [6.45, 7) is 0.385. The van der Waals surface area contributed by atoms with Gasteiger partial charge in [-0.3, -0.25) is 4.79 Å². The van der Waals surface area contributed by atoms with Crippen molar-refractivity contribution in [2.24, 2.45) is 0 Å². The van der Waals surface area contributed by atoms with E-state index < -0.39 is 9.84 Å². The van der Waals surface area contributed by atoms with E-state index in [1.54, 1.807) is 30.3 Å². The summed E-state index contributed by atoms with van der Waals surface area (Å²) >= 11 is 0. The van der Waals surface area contributed by atoms with Crippen molar-refractivity contribution in [2.75, 3.05) is 12.3 Å². The van der Waals surface area contributed by atoms with E-state index in [9.17, 15) is 17.6 Å². The highest BCUT2D eigenvalue weighted by molar-refractivity contribution is 7.91. The van der Waals surface area contributed by atoms with Gasteiger partial charge in [-0.15, -0.1) is 0 Å². The molecule has 0 heterocycles. The highest BCUT2D eigenvalue weighted by atomic mass is 32.2. The van der Waals surface area contributed by atoms with Crippen molar-refractivity contribution >= 4 is 15.7 Å². The number of amides is 1. The zero-order valence-corrected chi connectivity index (χ0v) is 13.4. The summed E-state index contributed by atoms with van der Waals surface area (Å²) in [5, 5.41) is 2.67. The Morgan fingerprint density at radius 1 is 1.00 bits per heavy atom. The van der Waals surface area contributed by atoms with Crippen LogP contribution in [0.4, 0.5) is 4.39 Å². The highest BCUT2D eigenvalue weighted by Crippen LogP contribution is 2.11. The van der Waals surface area contributed by atoms with E-state index in [2.05, 4.69) is 5.32 Å². The average Bonchev–Trinajstić information content (AvgIpc) is 2.56. The number of carbonyl (C=O) groups excluding carboxylic acids is 1. The topological polar surface area (TPSA) is 63.2 Å². The predicted molar refractivity (Wildman–Crippen MR) is 86.2 cm³/mol. The molecule has 0 fully saturated rings. The summed E-state index contributed by atoms with van der Waals surface area (Å²) in [6, 6.07) is 14.1. The first kappa shape index (κ1) is 17.1. The van der Waals surface area contributed by atoms with Crippen molar-refractivity contribution in [3.8, 4) is 0 Å². The molecule has 0 atom stereocenters. The molecule has 0 spiro atoms. The molecule has 1 N–H and O–H groups in total. The summed E-state index contributed by atoms with van der Waals surface area (Å²) in [5.74, 6) is -0.838. The highest BCUT2D eigenvalue weighted by Gasteiger charge is 2.15. The van der Waals surface area contributed by atoms with Gasteiger partial charge in [-0.05, 0) is 36.2 Å². The lowest BCUT2D eigenvalue weighted by Crippen LogP contribution is -2.27. The van der Waals surface area contributed by atoms with Crippen molar-refractivity contribution in [3.05, 3.63) is 66.0 Å². The third-order valence-electron chi connectivity index (χ3n) is 3.35. The number of hydrogen-bond donors (Lipinski definition) is 1. The Hall–Kier alpha value is -2.21. The van der Waals surface area contributed by atoms with Crippen LogP contribution in [-0.2, 0) is 21.1 Å². The number of halogens is 1. The molecule has 23 heavy (non-hydrogen) atoms. The Balaban J connectivity index is 1.76. The van der Waals surface area contributed by atoms with Crippen LogP contribution in [0.25, 0.3) is 0 Å². The first-order valence-corrected chi connectivity index (χ1v) is 8.91. The van der Waals surface area contributed by atoms with Gasteiger partial charge in [-0.1, -0.05) is 30.3 Å². The molecule has 0 aromatic heterocycles. The van der Waals surface area contributed by atoms with Crippen LogP contribution < -0.4 is 5.32 Å². The second kappa shape index (κ2) is 7.87. The van der Waals surface area contributed by atoms with Crippen LogP contribution in [0.3, 0.4) is 0 Å². The van der Waals surface area contributed by atoms with Crippen LogP contribution in [0.15, 0.2) is 59.5 Å². The predicted octanol–water partition coefficient (Wildman–Crippen LogP) is 2.35. The van der Waals surface area contributed by atoms with Crippen molar-refractivity contribution in [2.45, 2.75) is 17.7 Å². The van der Waals surface area contributed by atoms with Gasteiger partial charge in [0.25, 0.3) is 0 Å². The van der Waals surface area contributed by atoms with Gasteiger partial charge in [0, 0.05) is 13.0 Å². The maximum absolute atomic E-state index is 12.8. The quantitative estimate of drug-likeness (QED) is 0.845. The van der Waals surface area contributed by atoms with Crippen molar-refractivity contribution in [3.63, 3.8) is 0 Å². The second-order valence-electron chi connectivity index (χ2n) is 5.11. The molecule has 122 valence electrons. The molecule has 2 aromatic rings. The molecule has 1 amide bonds. The third-order valence-corrected chi connectivity index (χ3v) is 5.08. The number of benzene rings is 2. The van der Waals surface area contributed by atoms with Crippen LogP contribution in [0.2, 0.25) is 0 Å². The molecule has 6 heteroatoms. The molecule has 0 aliphatic carbocycles. The number of hydrogen-bond acceptors (Lipinski definition) is 3. The minimum atomic E-state index is -3.44. The monoisotopic (exact) mass is 335 g/mol. The summed E-state index contributed by atoms with van der Waals surface area (Å²) < 4.78 is 36.9. The van der Waals surface area contributed by atoms with E-state index in [1.165, 1.54) is 24.3 Å². The van der Waals surface area contributed by atoms with Gasteiger partial charge < -0.3 is 5.32 Å². The number of carbonyl (C=O) groups is 1. The van der Waals surface area contributed by atoms with Crippen LogP contribution in [0, 0.1) is 5.82 Å². The molecule has 0 aliphatic heterocycles. The van der Waals surface area contributed by atoms with Crippen molar-refractivity contribution in [1.29, 1.82) is 0 Å². The Labute approximate surface area is 135 Å². The van der Waals surface area contributed by atoms with Crippen molar-refractivity contribution < 1.29 is 17.6 Å². The van der Waals surface area contributed by atoms with E-state index in [0.717, 1.165) is 5.56 Å². The zero-order valence-electron chi connectivity index (χ0n) is 12.5. The van der Waals surface area contributed by atoms with E-state index in [0.29, 0.717) is 13.0 Å². The van der Waals surface area contributed by atoms with Crippen LogP contribution in [0.1, 0.15) is 12.0 Å². The maximum Gasteiger partial charge on any atom is 0.221 e. The normalized spacial score (nSPS) is 11.2. The Kier molecular flexibility index (Phi) is 5.87. The van der Waals surface area contributed by atoms with Gasteiger partial charge in [0.2, 0.25) is 5.91 Å². The van der Waals surface area contributed by atoms with Crippen LogP contribution >= 0.6 is 0 Å². The van der Waals surface area contributed by atoms with Crippen molar-refractivity contribution in [1.82, 2.24) is 5.32 Å². The lowest BCUT2D eigenvalue weighted by molar-refractivity contribution is -0.120. The van der Waals surface area contributed by atoms with E-state index in [4.69, 9.17) is 0 Å². The molecule has 0 aliphatic rings. The summed E-state index contributed by atoms with van der Waals surface area (Å²) in [7, 11) is -3.44. The molecule has 0 saturated heterocycles. The molecular weight excluding hydrogens is 317 g/mol. The molecule has 4 nitrogen and oxygen atoms in total. The standard InChI is InChI=1S/C17H18FNO3S/c18-15-8-6-14(7-9-15)10-12-19-17(20)11-13-23(21,22)16-4-2-1-3-5-16/h1-9H,10-13H2,(H,19,20). The molecule has 0 bridgehead atoms. The van der Waals surface area contributed by atoms with Gasteiger partial charge in [0.1, 0.15) is 5.82 Å². The second-order valence-corrected chi connectivity index (χ2v) is 7.22. The fourth-order valence-electron chi connectivity index (χ4n) is 2.06. The molecule has 2 aromatic carbocycles. The number of rotatable bonds is 7. The maximum atomic E-state index is 12.8. The molecule has 0 saturated carbocycles. The molecule has 0 radical (unpaired) electrons. The first-order chi connectivity index (χ1) is 11.0. The van der Waals surface area contributed by atoms with Gasteiger partial charge in [0.15, 0.2) is 9.84 Å². The summed E-state index contributed by atoms with van der Waals surface area (Å²) in [6.07, 6.45) is 0.484. The summed E-state index contributed by atoms with van der Waals surface area (Å²) in [4.78, 5) is 12.0. The molecule has 2 rings (SSSR count). The fourth-order valence-corrected chi connectivity index (χ4v) is 3.32. The lowest BCUT2D eigenvalue weighted by Gasteiger charge is -2.06. The van der Waals surface area contributed by atoms with Crippen LogP contribution in [0.5, 0.6) is 0 Å². The van der Waals surface area contributed by atoms with Gasteiger partial charge in [-0.25, -0.2) is 12.8 Å². The number of sulfone groups is 1. The zero-order chi connectivity index (χ0) is 16.7. The minimum absolute atomic E-state index is 0.0827. The van der Waals surface area contributed by atoms with Crippen LogP contribution in [-0.4, -0.2) is 26.6 Å². The third kappa shape index (κ3) is 5.49. The Morgan fingerprint density at radius 3 is 2.30 bits per heavy atom. The lowest BCUT2D eigenvalue weighted by atomic mass is 10.1. The minimum Gasteiger partial charge on any atom is -0.356 e. The molecule has 0 unspecified atom stereocenters. The number of nitrogens with one attached hydrogen (secondary N) is 1. The Morgan fingerprint density at radius 2 is 1.65 bits per heavy atom. The molecular formula is C17H18FNO3S. The smallest absolute Gasteiger partial charge is 0.221 e. The fraction of sp³-hybridized carbons (Fsp3) is 0.235. The largest absolute Gasteiger partial charge is 0.356 e.